The average molecular weight is 410 g/mol. The maximum atomic E-state index is 13.0. The van der Waals surface area contributed by atoms with Gasteiger partial charge in [0.1, 0.15) is 0 Å². The van der Waals surface area contributed by atoms with Crippen molar-refractivity contribution in [2.75, 3.05) is 39.3 Å². The molecule has 27 heavy (non-hydrogen) atoms. The molecule has 3 heterocycles. The van der Waals surface area contributed by atoms with Crippen LogP contribution in [0.15, 0.2) is 30.5 Å². The number of nitrogens with one attached hydrogen (secondary N) is 1. The van der Waals surface area contributed by atoms with E-state index in [4.69, 9.17) is 11.6 Å². The monoisotopic (exact) mass is 409 g/mol. The molecule has 2 fully saturated rings. The Morgan fingerprint density at radius 2 is 2.04 bits per heavy atom. The summed E-state index contributed by atoms with van der Waals surface area (Å²) in [4.78, 5) is 17.5. The second-order valence-corrected chi connectivity index (χ2v) is 7.45. The SMILES string of the molecule is Cc1c(C(=O)N2CCC(N3CCNCC3)C2)cnn1-c1cccc(Cl)c1.Cl. The Bertz CT molecular complexity index is 803. The van der Waals surface area contributed by atoms with Crippen molar-refractivity contribution in [1.29, 1.82) is 0 Å². The molecule has 8 heteroatoms. The molecule has 0 bridgehead atoms. The topological polar surface area (TPSA) is 53.4 Å². The number of carbonyl (C=O) groups is 1. The lowest BCUT2D eigenvalue weighted by molar-refractivity contribution is 0.0772. The van der Waals surface area contributed by atoms with Crippen LogP contribution in [-0.4, -0.2) is 70.8 Å². The summed E-state index contributed by atoms with van der Waals surface area (Å²) in [6.45, 7) is 7.77. The minimum Gasteiger partial charge on any atom is -0.337 e. The third kappa shape index (κ3) is 4.14. The zero-order chi connectivity index (χ0) is 18.1. The predicted molar refractivity (Wildman–Crippen MR) is 109 cm³/mol. The smallest absolute Gasteiger partial charge is 0.257 e. The van der Waals surface area contributed by atoms with Gasteiger partial charge in [-0.15, -0.1) is 12.4 Å². The highest BCUT2D eigenvalue weighted by molar-refractivity contribution is 6.30. The molecule has 2 aliphatic heterocycles. The maximum absolute atomic E-state index is 13.0. The maximum Gasteiger partial charge on any atom is 0.257 e. The molecule has 1 unspecified atom stereocenters. The van der Waals surface area contributed by atoms with Crippen molar-refractivity contribution in [2.24, 2.45) is 0 Å². The Morgan fingerprint density at radius 3 is 2.78 bits per heavy atom. The molecular formula is C19H25Cl2N5O. The number of likely N-dealkylation sites (tertiary alicyclic amines) is 1. The number of halogens is 2. The van der Waals surface area contributed by atoms with Gasteiger partial charge in [-0.1, -0.05) is 17.7 Å². The highest BCUT2D eigenvalue weighted by Gasteiger charge is 2.32. The van der Waals surface area contributed by atoms with Crippen molar-refractivity contribution in [3.63, 3.8) is 0 Å². The lowest BCUT2D eigenvalue weighted by atomic mass is 10.2. The van der Waals surface area contributed by atoms with E-state index in [1.54, 1.807) is 10.9 Å². The van der Waals surface area contributed by atoms with Crippen molar-refractivity contribution in [3.05, 3.63) is 46.7 Å². The molecule has 6 nitrogen and oxygen atoms in total. The predicted octanol–water partition coefficient (Wildman–Crippen LogP) is 2.38. The van der Waals surface area contributed by atoms with E-state index in [2.05, 4.69) is 15.3 Å². The summed E-state index contributed by atoms with van der Waals surface area (Å²) in [6.07, 6.45) is 2.73. The Kier molecular flexibility index (Phi) is 6.42. The van der Waals surface area contributed by atoms with Gasteiger partial charge < -0.3 is 10.2 Å². The molecule has 2 saturated heterocycles. The Morgan fingerprint density at radius 1 is 1.26 bits per heavy atom. The van der Waals surface area contributed by atoms with E-state index < -0.39 is 0 Å². The van der Waals surface area contributed by atoms with Crippen LogP contribution in [0, 0.1) is 6.92 Å². The Hall–Kier alpha value is -1.60. The molecule has 2 aliphatic rings. The van der Waals surface area contributed by atoms with Crippen molar-refractivity contribution >= 4 is 29.9 Å². The van der Waals surface area contributed by atoms with Gasteiger partial charge >= 0.3 is 0 Å². The van der Waals surface area contributed by atoms with Gasteiger partial charge in [-0.3, -0.25) is 9.69 Å². The molecule has 146 valence electrons. The number of benzene rings is 1. The number of piperazine rings is 1. The largest absolute Gasteiger partial charge is 0.337 e. The first kappa shape index (κ1) is 20.1. The standard InChI is InChI=1S/C19H24ClN5O.ClH/c1-14-18(12-22-25(14)16-4-2-3-15(20)11-16)19(26)24-8-5-17(13-24)23-9-6-21-7-10-23;/h2-4,11-12,17,21H,5-10,13H2,1H3;1H. The van der Waals surface area contributed by atoms with Crippen LogP contribution in [0.3, 0.4) is 0 Å². The minimum absolute atomic E-state index is 0. The van der Waals surface area contributed by atoms with Crippen molar-refractivity contribution < 1.29 is 4.79 Å². The van der Waals surface area contributed by atoms with E-state index in [1.165, 1.54) is 0 Å². The molecule has 1 aromatic heterocycles. The van der Waals surface area contributed by atoms with Gasteiger partial charge in [-0.05, 0) is 31.5 Å². The summed E-state index contributed by atoms with van der Waals surface area (Å²) in [5.41, 5.74) is 2.39. The summed E-state index contributed by atoms with van der Waals surface area (Å²) >= 11 is 6.08. The molecule has 1 atom stereocenters. The van der Waals surface area contributed by atoms with Crippen LogP contribution in [0.2, 0.25) is 5.02 Å². The van der Waals surface area contributed by atoms with Crippen LogP contribution < -0.4 is 5.32 Å². The highest BCUT2D eigenvalue weighted by Crippen LogP contribution is 2.22. The van der Waals surface area contributed by atoms with Gasteiger partial charge in [-0.2, -0.15) is 5.10 Å². The molecule has 1 aromatic carbocycles. The molecule has 4 rings (SSSR count). The number of aromatic nitrogens is 2. The summed E-state index contributed by atoms with van der Waals surface area (Å²) in [6, 6.07) is 7.99. The Balaban J connectivity index is 0.00000210. The van der Waals surface area contributed by atoms with E-state index in [9.17, 15) is 4.79 Å². The number of hydrogen-bond acceptors (Lipinski definition) is 4. The molecule has 2 aromatic rings. The summed E-state index contributed by atoms with van der Waals surface area (Å²) in [7, 11) is 0. The number of hydrogen-bond donors (Lipinski definition) is 1. The van der Waals surface area contributed by atoms with Gasteiger partial charge in [-0.25, -0.2) is 4.68 Å². The summed E-state index contributed by atoms with van der Waals surface area (Å²) < 4.78 is 1.78. The highest BCUT2D eigenvalue weighted by atomic mass is 35.5. The molecule has 1 amide bonds. The van der Waals surface area contributed by atoms with Crippen molar-refractivity contribution in [1.82, 2.24) is 24.9 Å². The average Bonchev–Trinajstić information content (AvgIpc) is 3.29. The molecule has 0 radical (unpaired) electrons. The molecular weight excluding hydrogens is 385 g/mol. The number of rotatable bonds is 3. The van der Waals surface area contributed by atoms with E-state index in [0.29, 0.717) is 16.6 Å². The fourth-order valence-corrected chi connectivity index (χ4v) is 4.11. The van der Waals surface area contributed by atoms with Crippen LogP contribution >= 0.6 is 24.0 Å². The number of carbonyl (C=O) groups excluding carboxylic acids is 1. The minimum atomic E-state index is 0. The normalized spacial score (nSPS) is 20.5. The second-order valence-electron chi connectivity index (χ2n) is 7.01. The van der Waals surface area contributed by atoms with Crippen LogP contribution in [-0.2, 0) is 0 Å². The van der Waals surface area contributed by atoms with Gasteiger partial charge in [0.05, 0.1) is 23.1 Å². The van der Waals surface area contributed by atoms with Crippen LogP contribution in [0.25, 0.3) is 5.69 Å². The van der Waals surface area contributed by atoms with E-state index in [0.717, 1.165) is 57.1 Å². The summed E-state index contributed by atoms with van der Waals surface area (Å²) in [5, 5.41) is 8.46. The lowest BCUT2D eigenvalue weighted by Gasteiger charge is -2.32. The lowest BCUT2D eigenvalue weighted by Crippen LogP contribution is -2.49. The third-order valence-electron chi connectivity index (χ3n) is 5.41. The molecule has 0 spiro atoms. The third-order valence-corrected chi connectivity index (χ3v) is 5.65. The van der Waals surface area contributed by atoms with Gasteiger partial charge in [0, 0.05) is 50.3 Å². The molecule has 0 saturated carbocycles. The second kappa shape index (κ2) is 8.61. The van der Waals surface area contributed by atoms with Crippen LogP contribution in [0.1, 0.15) is 22.5 Å². The van der Waals surface area contributed by atoms with Gasteiger partial charge in [0.2, 0.25) is 0 Å². The molecule has 1 N–H and O–H groups in total. The zero-order valence-corrected chi connectivity index (χ0v) is 17.0. The van der Waals surface area contributed by atoms with Crippen molar-refractivity contribution in [2.45, 2.75) is 19.4 Å². The number of nitrogens with zero attached hydrogens (tertiary/aromatic N) is 4. The first-order valence-corrected chi connectivity index (χ1v) is 9.56. The van der Waals surface area contributed by atoms with Crippen LogP contribution in [0.4, 0.5) is 0 Å². The van der Waals surface area contributed by atoms with Crippen LogP contribution in [0.5, 0.6) is 0 Å². The van der Waals surface area contributed by atoms with Crippen molar-refractivity contribution in [3.8, 4) is 5.69 Å². The first-order valence-electron chi connectivity index (χ1n) is 9.18. The van der Waals surface area contributed by atoms with Gasteiger partial charge in [0.25, 0.3) is 5.91 Å². The van der Waals surface area contributed by atoms with E-state index in [1.807, 2.05) is 36.1 Å². The first-order chi connectivity index (χ1) is 12.6. The fraction of sp³-hybridized carbons (Fsp3) is 0.474. The van der Waals surface area contributed by atoms with E-state index >= 15 is 0 Å². The fourth-order valence-electron chi connectivity index (χ4n) is 3.93. The number of amides is 1. The zero-order valence-electron chi connectivity index (χ0n) is 15.4. The Labute approximate surface area is 170 Å². The summed E-state index contributed by atoms with van der Waals surface area (Å²) in [5.74, 6) is 0.0772. The van der Waals surface area contributed by atoms with E-state index in [-0.39, 0.29) is 18.3 Å². The molecule has 0 aliphatic carbocycles. The quantitative estimate of drug-likeness (QED) is 0.845. The van der Waals surface area contributed by atoms with Gasteiger partial charge in [0.15, 0.2) is 0 Å².